The summed E-state index contributed by atoms with van der Waals surface area (Å²) in [6.45, 7) is 7.18. The molecule has 6 nitrogen and oxygen atoms in total. The fourth-order valence-electron chi connectivity index (χ4n) is 2.36. The van der Waals surface area contributed by atoms with Gasteiger partial charge in [-0.25, -0.2) is 9.97 Å². The molecule has 1 unspecified atom stereocenters. The van der Waals surface area contributed by atoms with Gasteiger partial charge in [0.15, 0.2) is 0 Å². The molecule has 1 fully saturated rings. The number of hydrogen-bond donors (Lipinski definition) is 2. The first-order valence-corrected chi connectivity index (χ1v) is 7.22. The van der Waals surface area contributed by atoms with Crippen molar-refractivity contribution in [2.45, 2.75) is 39.3 Å². The molecule has 0 saturated carbocycles. The highest BCUT2D eigenvalue weighted by Crippen LogP contribution is 2.15. The van der Waals surface area contributed by atoms with Gasteiger partial charge in [-0.3, -0.25) is 4.79 Å². The van der Waals surface area contributed by atoms with Gasteiger partial charge in [0.1, 0.15) is 0 Å². The Hall–Kier alpha value is -1.69. The van der Waals surface area contributed by atoms with E-state index in [0.717, 1.165) is 50.5 Å². The van der Waals surface area contributed by atoms with Crippen LogP contribution in [0.2, 0.25) is 0 Å². The Morgan fingerprint density at radius 2 is 2.20 bits per heavy atom. The first-order valence-electron chi connectivity index (χ1n) is 7.22. The third kappa shape index (κ3) is 4.16. The summed E-state index contributed by atoms with van der Waals surface area (Å²) in [5.74, 6) is 0.771. The molecule has 0 bridgehead atoms. The van der Waals surface area contributed by atoms with Crippen LogP contribution in [-0.2, 0) is 11.3 Å². The first-order chi connectivity index (χ1) is 9.69. The zero-order chi connectivity index (χ0) is 14.4. The average molecular weight is 277 g/mol. The highest BCUT2D eigenvalue weighted by atomic mass is 16.1. The predicted octanol–water partition coefficient (Wildman–Crippen LogP) is 0.691. The Morgan fingerprint density at radius 3 is 2.85 bits per heavy atom. The topological polar surface area (TPSA) is 70.2 Å². The molecule has 1 aromatic heterocycles. The van der Waals surface area contributed by atoms with Gasteiger partial charge in [0.2, 0.25) is 11.9 Å². The zero-order valence-electron chi connectivity index (χ0n) is 12.2. The Labute approximate surface area is 120 Å². The van der Waals surface area contributed by atoms with Gasteiger partial charge in [-0.1, -0.05) is 6.92 Å². The first kappa shape index (κ1) is 14.7. The van der Waals surface area contributed by atoms with Crippen molar-refractivity contribution in [2.75, 3.05) is 24.5 Å². The fourth-order valence-corrected chi connectivity index (χ4v) is 2.36. The molecule has 0 spiro atoms. The number of amides is 1. The molecule has 2 N–H and O–H groups in total. The summed E-state index contributed by atoms with van der Waals surface area (Å²) in [7, 11) is 0. The van der Waals surface area contributed by atoms with E-state index in [2.05, 4.69) is 32.4 Å². The number of nitrogens with one attached hydrogen (secondary N) is 2. The van der Waals surface area contributed by atoms with E-state index in [-0.39, 0.29) is 11.9 Å². The van der Waals surface area contributed by atoms with Crippen molar-refractivity contribution < 1.29 is 4.79 Å². The monoisotopic (exact) mass is 277 g/mol. The lowest BCUT2D eigenvalue weighted by Crippen LogP contribution is -2.35. The standard InChI is InChI=1S/C14H23N5O/c1-3-5-15-7-12-8-16-14(17-9-12)19-6-4-13(10-19)18-11(2)20/h8-9,13,15H,3-7,10H2,1-2H3,(H,18,20). The van der Waals surface area contributed by atoms with E-state index in [1.54, 1.807) is 6.92 Å². The van der Waals surface area contributed by atoms with Crippen LogP contribution < -0.4 is 15.5 Å². The normalized spacial score (nSPS) is 18.3. The van der Waals surface area contributed by atoms with Crippen LogP contribution in [0.3, 0.4) is 0 Å². The summed E-state index contributed by atoms with van der Waals surface area (Å²) in [6.07, 6.45) is 5.81. The molecule has 1 amide bonds. The van der Waals surface area contributed by atoms with Crippen LogP contribution in [-0.4, -0.2) is 41.6 Å². The maximum absolute atomic E-state index is 11.0. The zero-order valence-corrected chi connectivity index (χ0v) is 12.2. The second-order valence-corrected chi connectivity index (χ2v) is 5.20. The summed E-state index contributed by atoms with van der Waals surface area (Å²) in [4.78, 5) is 22.0. The number of hydrogen-bond acceptors (Lipinski definition) is 5. The molecule has 6 heteroatoms. The van der Waals surface area contributed by atoms with E-state index in [9.17, 15) is 4.79 Å². The average Bonchev–Trinajstić information content (AvgIpc) is 2.87. The molecule has 2 heterocycles. The maximum Gasteiger partial charge on any atom is 0.225 e. The smallest absolute Gasteiger partial charge is 0.225 e. The van der Waals surface area contributed by atoms with Crippen molar-refractivity contribution in [1.29, 1.82) is 0 Å². The summed E-state index contributed by atoms with van der Waals surface area (Å²) in [5, 5.41) is 6.27. The molecule has 110 valence electrons. The van der Waals surface area contributed by atoms with Gasteiger partial charge in [0.05, 0.1) is 0 Å². The van der Waals surface area contributed by atoms with E-state index in [1.807, 2.05) is 12.4 Å². The number of carbonyl (C=O) groups excluding carboxylic acids is 1. The van der Waals surface area contributed by atoms with Gasteiger partial charge >= 0.3 is 0 Å². The molecule has 1 aliphatic heterocycles. The minimum Gasteiger partial charge on any atom is -0.352 e. The minimum atomic E-state index is 0.0233. The van der Waals surface area contributed by atoms with E-state index in [1.165, 1.54) is 0 Å². The molecule has 1 aromatic rings. The third-order valence-corrected chi connectivity index (χ3v) is 3.33. The largest absolute Gasteiger partial charge is 0.352 e. The Morgan fingerprint density at radius 1 is 1.45 bits per heavy atom. The van der Waals surface area contributed by atoms with Crippen molar-refractivity contribution in [3.63, 3.8) is 0 Å². The van der Waals surface area contributed by atoms with Crippen molar-refractivity contribution in [3.8, 4) is 0 Å². The van der Waals surface area contributed by atoms with Crippen LogP contribution in [0.1, 0.15) is 32.3 Å². The van der Waals surface area contributed by atoms with E-state index >= 15 is 0 Å². The van der Waals surface area contributed by atoms with Crippen LogP contribution in [0, 0.1) is 0 Å². The van der Waals surface area contributed by atoms with Crippen molar-refractivity contribution in [2.24, 2.45) is 0 Å². The number of rotatable bonds is 6. The van der Waals surface area contributed by atoms with Gasteiger partial charge in [-0.05, 0) is 19.4 Å². The second-order valence-electron chi connectivity index (χ2n) is 5.20. The molecule has 2 rings (SSSR count). The molecule has 1 saturated heterocycles. The Balaban J connectivity index is 1.86. The highest BCUT2D eigenvalue weighted by Gasteiger charge is 2.24. The molecular weight excluding hydrogens is 254 g/mol. The van der Waals surface area contributed by atoms with Gasteiger partial charge in [-0.2, -0.15) is 0 Å². The van der Waals surface area contributed by atoms with Crippen molar-refractivity contribution in [1.82, 2.24) is 20.6 Å². The number of carbonyl (C=O) groups is 1. The lowest BCUT2D eigenvalue weighted by atomic mass is 10.3. The minimum absolute atomic E-state index is 0.0233. The van der Waals surface area contributed by atoms with Crippen molar-refractivity contribution in [3.05, 3.63) is 18.0 Å². The molecule has 20 heavy (non-hydrogen) atoms. The van der Waals surface area contributed by atoms with Gasteiger partial charge in [0.25, 0.3) is 0 Å². The number of anilines is 1. The SMILES string of the molecule is CCCNCc1cnc(N2CCC(NC(C)=O)C2)nc1. The summed E-state index contributed by atoms with van der Waals surface area (Å²) in [6, 6.07) is 0.210. The number of aromatic nitrogens is 2. The summed E-state index contributed by atoms with van der Waals surface area (Å²) in [5.41, 5.74) is 1.10. The van der Waals surface area contributed by atoms with Crippen LogP contribution in [0.5, 0.6) is 0 Å². The molecule has 0 radical (unpaired) electrons. The quantitative estimate of drug-likeness (QED) is 0.749. The van der Waals surface area contributed by atoms with Gasteiger partial charge < -0.3 is 15.5 Å². The predicted molar refractivity (Wildman–Crippen MR) is 78.5 cm³/mol. The fraction of sp³-hybridized carbons (Fsp3) is 0.643. The molecule has 0 aliphatic carbocycles. The molecular formula is C14H23N5O. The number of nitrogens with zero attached hydrogens (tertiary/aromatic N) is 3. The van der Waals surface area contributed by atoms with E-state index in [4.69, 9.17) is 0 Å². The van der Waals surface area contributed by atoms with E-state index < -0.39 is 0 Å². The summed E-state index contributed by atoms with van der Waals surface area (Å²) >= 11 is 0. The molecule has 0 aromatic carbocycles. The van der Waals surface area contributed by atoms with Crippen molar-refractivity contribution >= 4 is 11.9 Å². The third-order valence-electron chi connectivity index (χ3n) is 3.33. The Bertz CT molecular complexity index is 434. The second kappa shape index (κ2) is 7.19. The van der Waals surface area contributed by atoms with Gasteiger partial charge in [0, 0.05) is 50.6 Å². The lowest BCUT2D eigenvalue weighted by molar-refractivity contribution is -0.119. The van der Waals surface area contributed by atoms with Crippen LogP contribution >= 0.6 is 0 Å². The van der Waals surface area contributed by atoms with Crippen LogP contribution in [0.4, 0.5) is 5.95 Å². The van der Waals surface area contributed by atoms with Crippen LogP contribution in [0.15, 0.2) is 12.4 Å². The summed E-state index contributed by atoms with van der Waals surface area (Å²) < 4.78 is 0. The van der Waals surface area contributed by atoms with E-state index in [0.29, 0.717) is 0 Å². The van der Waals surface area contributed by atoms with Crippen LogP contribution in [0.25, 0.3) is 0 Å². The highest BCUT2D eigenvalue weighted by molar-refractivity contribution is 5.73. The van der Waals surface area contributed by atoms with Gasteiger partial charge in [-0.15, -0.1) is 0 Å². The lowest BCUT2D eigenvalue weighted by Gasteiger charge is -2.16. The molecule has 1 aliphatic rings. The molecule has 1 atom stereocenters. The Kier molecular flexibility index (Phi) is 5.29. The maximum atomic E-state index is 11.0.